The number of carbonyl (C=O) groups is 1. The van der Waals surface area contributed by atoms with E-state index in [2.05, 4.69) is 51.4 Å². The van der Waals surface area contributed by atoms with Gasteiger partial charge in [0.25, 0.3) is 0 Å². The summed E-state index contributed by atoms with van der Waals surface area (Å²) in [5.41, 5.74) is 4.55. The number of rotatable bonds is 5. The van der Waals surface area contributed by atoms with E-state index in [0.29, 0.717) is 34.1 Å². The Balaban J connectivity index is 1.62. The lowest BCUT2D eigenvalue weighted by atomic mass is 9.49. The molecule has 166 valence electrons. The molecule has 0 radical (unpaired) electrons. The van der Waals surface area contributed by atoms with Crippen LogP contribution < -0.4 is 5.32 Å². The summed E-state index contributed by atoms with van der Waals surface area (Å²) in [6.45, 7) is 12.1. The first kappa shape index (κ1) is 22.1. The van der Waals surface area contributed by atoms with Crippen molar-refractivity contribution in [1.29, 1.82) is 0 Å². The Morgan fingerprint density at radius 2 is 1.84 bits per heavy atom. The molecule has 2 aromatic rings. The number of nitrogens with zero attached hydrogens (tertiary/aromatic N) is 1. The van der Waals surface area contributed by atoms with Gasteiger partial charge in [0.2, 0.25) is 0 Å². The zero-order valence-corrected chi connectivity index (χ0v) is 20.1. The van der Waals surface area contributed by atoms with Crippen molar-refractivity contribution in [2.45, 2.75) is 66.2 Å². The van der Waals surface area contributed by atoms with Crippen molar-refractivity contribution in [2.75, 3.05) is 5.32 Å². The maximum absolute atomic E-state index is 11.1. The molecular weight excluding hydrogens is 404 g/mol. The molecule has 2 aliphatic carbocycles. The van der Waals surface area contributed by atoms with Gasteiger partial charge in [0.15, 0.2) is 5.13 Å². The van der Waals surface area contributed by atoms with Crippen molar-refractivity contribution in [2.24, 2.45) is 22.7 Å². The molecule has 4 rings (SSSR count). The van der Waals surface area contributed by atoms with Crippen molar-refractivity contribution in [3.8, 4) is 0 Å². The van der Waals surface area contributed by atoms with Crippen LogP contribution in [0.2, 0.25) is 0 Å². The third kappa shape index (κ3) is 4.30. The number of hydrogen-bond donors (Lipinski definition) is 2. The number of aromatic nitrogens is 1. The molecule has 3 atom stereocenters. The Morgan fingerprint density at radius 1 is 1.16 bits per heavy atom. The van der Waals surface area contributed by atoms with Gasteiger partial charge >= 0.3 is 5.97 Å². The zero-order valence-electron chi connectivity index (χ0n) is 19.2. The molecular formula is C26H34N2O2S. The lowest BCUT2D eigenvalue weighted by Gasteiger charge is -2.56. The van der Waals surface area contributed by atoms with Crippen molar-refractivity contribution in [3.05, 3.63) is 52.6 Å². The number of fused-ring (bicyclic) bond motifs is 1. The Morgan fingerprint density at radius 3 is 2.48 bits per heavy atom. The molecule has 2 N–H and O–H groups in total. The van der Waals surface area contributed by atoms with Crippen LogP contribution in [0.4, 0.5) is 10.8 Å². The number of anilines is 2. The molecule has 3 unspecified atom stereocenters. The normalized spacial score (nSPS) is 26.6. The fraction of sp³-hybridized carbons (Fsp3) is 0.538. The molecule has 1 saturated carbocycles. The van der Waals surface area contributed by atoms with Crippen molar-refractivity contribution in [1.82, 2.24) is 4.98 Å². The van der Waals surface area contributed by atoms with E-state index in [1.807, 2.05) is 0 Å². The zero-order chi connectivity index (χ0) is 22.4. The van der Waals surface area contributed by atoms with Crippen molar-refractivity contribution >= 4 is 28.1 Å². The predicted molar refractivity (Wildman–Crippen MR) is 128 cm³/mol. The molecule has 1 fully saturated rings. The Labute approximate surface area is 189 Å². The standard InChI is InChI=1S/C26H34N2O2S/c1-6-16-13-19(22-20(14-16)25(2,3)11-12-26(22,4)5)21-15-31-24(28-21)27-18-9-7-17(8-10-18)23(29)30/h7-10,14-15,19-20,22H,6,11-13H2,1-5H3,(H,27,28)(H,29,30). The molecule has 1 aromatic heterocycles. The molecule has 0 bridgehead atoms. The Bertz CT molecular complexity index is 987. The first-order valence-corrected chi connectivity index (χ1v) is 12.2. The predicted octanol–water partition coefficient (Wildman–Crippen LogP) is 7.49. The molecule has 0 saturated heterocycles. The van der Waals surface area contributed by atoms with Crippen molar-refractivity contribution in [3.63, 3.8) is 0 Å². The first-order valence-electron chi connectivity index (χ1n) is 11.4. The second-order valence-electron chi connectivity index (χ2n) is 10.6. The largest absolute Gasteiger partial charge is 0.478 e. The number of carboxylic acids is 1. The van der Waals surface area contributed by atoms with Crippen molar-refractivity contribution < 1.29 is 9.90 Å². The Kier molecular flexibility index (Phi) is 5.76. The third-order valence-corrected chi connectivity index (χ3v) is 8.45. The highest BCUT2D eigenvalue weighted by Gasteiger charge is 2.52. The minimum absolute atomic E-state index is 0.291. The molecule has 5 heteroatoms. The van der Waals surface area contributed by atoms with Gasteiger partial charge in [0.05, 0.1) is 11.3 Å². The summed E-state index contributed by atoms with van der Waals surface area (Å²) < 4.78 is 0. The molecule has 0 spiro atoms. The molecule has 0 amide bonds. The van der Waals surface area contributed by atoms with Crippen LogP contribution in [-0.2, 0) is 0 Å². The summed E-state index contributed by atoms with van der Waals surface area (Å²) in [5, 5.41) is 15.6. The van der Waals surface area contributed by atoms with Crippen LogP contribution in [0.25, 0.3) is 0 Å². The lowest BCUT2D eigenvalue weighted by Crippen LogP contribution is -2.48. The van der Waals surface area contributed by atoms with Crippen LogP contribution in [0.1, 0.15) is 82.3 Å². The van der Waals surface area contributed by atoms with Crippen LogP contribution in [0.15, 0.2) is 41.3 Å². The Hall–Kier alpha value is -2.14. The quantitative estimate of drug-likeness (QED) is 0.475. The number of aromatic carboxylic acids is 1. The lowest BCUT2D eigenvalue weighted by molar-refractivity contribution is -0.0164. The van der Waals surface area contributed by atoms with E-state index in [1.54, 1.807) is 41.2 Å². The van der Waals surface area contributed by atoms with E-state index in [0.717, 1.165) is 23.7 Å². The van der Waals surface area contributed by atoms with Crippen LogP contribution in [-0.4, -0.2) is 16.1 Å². The second kappa shape index (κ2) is 8.09. The van der Waals surface area contributed by atoms with E-state index in [9.17, 15) is 4.79 Å². The molecule has 1 aromatic carbocycles. The summed E-state index contributed by atoms with van der Waals surface area (Å²) in [4.78, 5) is 16.1. The molecule has 1 heterocycles. The van der Waals surface area contributed by atoms with E-state index < -0.39 is 5.97 Å². The number of benzene rings is 1. The maximum Gasteiger partial charge on any atom is 0.335 e. The molecule has 2 aliphatic rings. The van der Waals surface area contributed by atoms with Gasteiger partial charge in [-0.2, -0.15) is 0 Å². The van der Waals surface area contributed by atoms with E-state index in [1.165, 1.54) is 18.5 Å². The summed E-state index contributed by atoms with van der Waals surface area (Å²) in [5.74, 6) is 0.719. The second-order valence-corrected chi connectivity index (χ2v) is 11.5. The van der Waals surface area contributed by atoms with Crippen LogP contribution in [0.5, 0.6) is 0 Å². The van der Waals surface area contributed by atoms with Gasteiger partial charge in [-0.1, -0.05) is 46.3 Å². The molecule has 0 aliphatic heterocycles. The van der Waals surface area contributed by atoms with Gasteiger partial charge in [-0.25, -0.2) is 9.78 Å². The van der Waals surface area contributed by atoms with E-state index in [-0.39, 0.29) is 0 Å². The monoisotopic (exact) mass is 438 g/mol. The summed E-state index contributed by atoms with van der Waals surface area (Å²) in [6.07, 6.45) is 7.36. The van der Waals surface area contributed by atoms with E-state index in [4.69, 9.17) is 10.1 Å². The topological polar surface area (TPSA) is 62.2 Å². The van der Waals surface area contributed by atoms with Gasteiger partial charge in [-0.05, 0) is 72.6 Å². The fourth-order valence-electron chi connectivity index (χ4n) is 5.69. The highest BCUT2D eigenvalue weighted by Crippen LogP contribution is 2.61. The molecule has 31 heavy (non-hydrogen) atoms. The summed E-state index contributed by atoms with van der Waals surface area (Å²) >= 11 is 1.64. The smallest absolute Gasteiger partial charge is 0.335 e. The average molecular weight is 439 g/mol. The SMILES string of the molecule is CCC1=CC2C(C(c3csc(Nc4ccc(C(=O)O)cc4)n3)C1)C(C)(C)CCC2(C)C. The van der Waals surface area contributed by atoms with Crippen LogP contribution in [0, 0.1) is 22.7 Å². The minimum Gasteiger partial charge on any atom is -0.478 e. The van der Waals surface area contributed by atoms with Gasteiger partial charge < -0.3 is 10.4 Å². The van der Waals surface area contributed by atoms with Gasteiger partial charge in [0, 0.05) is 17.0 Å². The van der Waals surface area contributed by atoms with Gasteiger partial charge in [-0.15, -0.1) is 11.3 Å². The third-order valence-electron chi connectivity index (χ3n) is 7.68. The van der Waals surface area contributed by atoms with Crippen LogP contribution in [0.3, 0.4) is 0 Å². The summed E-state index contributed by atoms with van der Waals surface area (Å²) in [6, 6.07) is 6.84. The highest BCUT2D eigenvalue weighted by molar-refractivity contribution is 7.13. The number of thiazole rings is 1. The van der Waals surface area contributed by atoms with E-state index >= 15 is 0 Å². The number of nitrogens with one attached hydrogen (secondary N) is 1. The highest BCUT2D eigenvalue weighted by atomic mass is 32.1. The molecule has 4 nitrogen and oxygen atoms in total. The minimum atomic E-state index is -0.909. The number of allylic oxidation sites excluding steroid dienone is 2. The summed E-state index contributed by atoms with van der Waals surface area (Å²) in [7, 11) is 0. The number of hydrogen-bond acceptors (Lipinski definition) is 4. The number of carboxylic acid groups (broad SMARTS) is 1. The average Bonchev–Trinajstić information content (AvgIpc) is 3.19. The fourth-order valence-corrected chi connectivity index (χ4v) is 6.48. The maximum atomic E-state index is 11.1. The van der Waals surface area contributed by atoms with Crippen LogP contribution >= 0.6 is 11.3 Å². The van der Waals surface area contributed by atoms with Gasteiger partial charge in [-0.3, -0.25) is 0 Å². The van der Waals surface area contributed by atoms with Gasteiger partial charge in [0.1, 0.15) is 0 Å². The first-order chi connectivity index (χ1) is 14.6.